The van der Waals surface area contributed by atoms with E-state index in [1.54, 1.807) is 6.92 Å². The first kappa shape index (κ1) is 13.9. The van der Waals surface area contributed by atoms with Crippen molar-refractivity contribution in [2.24, 2.45) is 5.92 Å². The van der Waals surface area contributed by atoms with E-state index in [-0.39, 0.29) is 18.4 Å². The Bertz CT molecular complexity index is 215. The zero-order valence-electron chi connectivity index (χ0n) is 9.45. The summed E-state index contributed by atoms with van der Waals surface area (Å²) >= 11 is 0. The minimum Gasteiger partial charge on any atom is -0.480 e. The predicted octanol–water partition coefficient (Wildman–Crippen LogP) is 0.638. The number of amides is 1. The summed E-state index contributed by atoms with van der Waals surface area (Å²) in [6.07, 6.45) is 0.424. The standard InChI is InChI=1S/C10H19NO4/c1-4-15-6-9(12)11-8(10(13)14)5-7(2)3/h7-8H,4-6H2,1-3H3,(H,11,12)(H,13,14)/t8-/m1/s1. The van der Waals surface area contributed by atoms with E-state index in [0.717, 1.165) is 0 Å². The second-order valence-corrected chi connectivity index (χ2v) is 3.73. The van der Waals surface area contributed by atoms with Crippen molar-refractivity contribution in [3.8, 4) is 0 Å². The first-order valence-corrected chi connectivity index (χ1v) is 5.07. The predicted molar refractivity (Wildman–Crippen MR) is 55.5 cm³/mol. The van der Waals surface area contributed by atoms with Gasteiger partial charge in [0.05, 0.1) is 0 Å². The molecule has 0 heterocycles. The summed E-state index contributed by atoms with van der Waals surface area (Å²) < 4.78 is 4.88. The van der Waals surface area contributed by atoms with Gasteiger partial charge >= 0.3 is 5.97 Å². The number of carbonyl (C=O) groups excluding carboxylic acids is 1. The molecule has 0 spiro atoms. The molecule has 0 aliphatic heterocycles. The first-order valence-electron chi connectivity index (χ1n) is 5.07. The van der Waals surface area contributed by atoms with Crippen molar-refractivity contribution in [1.82, 2.24) is 5.32 Å². The van der Waals surface area contributed by atoms with Crippen LogP contribution in [0.4, 0.5) is 0 Å². The number of rotatable bonds is 7. The minimum atomic E-state index is -1.01. The van der Waals surface area contributed by atoms with Crippen molar-refractivity contribution >= 4 is 11.9 Å². The lowest BCUT2D eigenvalue weighted by Crippen LogP contribution is -2.43. The summed E-state index contributed by atoms with van der Waals surface area (Å²) in [7, 11) is 0. The summed E-state index contributed by atoms with van der Waals surface area (Å²) in [6.45, 7) is 5.94. The monoisotopic (exact) mass is 217 g/mol. The van der Waals surface area contributed by atoms with Gasteiger partial charge in [0.1, 0.15) is 12.6 Å². The lowest BCUT2D eigenvalue weighted by molar-refractivity contribution is -0.143. The van der Waals surface area contributed by atoms with Crippen LogP contribution < -0.4 is 5.32 Å². The largest absolute Gasteiger partial charge is 0.480 e. The fraction of sp³-hybridized carbons (Fsp3) is 0.800. The molecule has 88 valence electrons. The number of carboxylic acid groups (broad SMARTS) is 1. The fourth-order valence-corrected chi connectivity index (χ4v) is 1.12. The Balaban J connectivity index is 4.05. The van der Waals surface area contributed by atoms with Gasteiger partial charge < -0.3 is 15.2 Å². The number of hydrogen-bond acceptors (Lipinski definition) is 3. The van der Waals surface area contributed by atoms with Crippen LogP contribution in [0.15, 0.2) is 0 Å². The second-order valence-electron chi connectivity index (χ2n) is 3.73. The highest BCUT2D eigenvalue weighted by molar-refractivity contribution is 5.84. The van der Waals surface area contributed by atoms with Crippen molar-refractivity contribution < 1.29 is 19.4 Å². The van der Waals surface area contributed by atoms with E-state index >= 15 is 0 Å². The molecule has 0 aliphatic rings. The van der Waals surface area contributed by atoms with Crippen LogP contribution in [0.1, 0.15) is 27.2 Å². The van der Waals surface area contributed by atoms with Crippen molar-refractivity contribution in [2.75, 3.05) is 13.2 Å². The lowest BCUT2D eigenvalue weighted by atomic mass is 10.0. The molecule has 2 N–H and O–H groups in total. The van der Waals surface area contributed by atoms with E-state index in [1.807, 2.05) is 13.8 Å². The van der Waals surface area contributed by atoms with Crippen LogP contribution in [0.3, 0.4) is 0 Å². The average Bonchev–Trinajstić information content (AvgIpc) is 2.12. The molecular formula is C10H19NO4. The molecule has 1 amide bonds. The van der Waals surface area contributed by atoms with E-state index < -0.39 is 12.0 Å². The average molecular weight is 217 g/mol. The minimum absolute atomic E-state index is 0.0849. The van der Waals surface area contributed by atoms with E-state index in [1.165, 1.54) is 0 Å². The Kier molecular flexibility index (Phi) is 6.70. The molecule has 0 bridgehead atoms. The molecular weight excluding hydrogens is 198 g/mol. The normalized spacial score (nSPS) is 12.5. The molecule has 0 aromatic rings. The van der Waals surface area contributed by atoms with Crippen LogP contribution >= 0.6 is 0 Å². The quantitative estimate of drug-likeness (QED) is 0.656. The van der Waals surface area contributed by atoms with E-state index in [2.05, 4.69) is 5.32 Å². The van der Waals surface area contributed by atoms with Crippen LogP contribution in [0.25, 0.3) is 0 Å². The maximum Gasteiger partial charge on any atom is 0.326 e. The molecule has 5 heteroatoms. The Labute approximate surface area is 89.8 Å². The van der Waals surface area contributed by atoms with Gasteiger partial charge in [-0.15, -0.1) is 0 Å². The molecule has 0 fully saturated rings. The Morgan fingerprint density at radius 3 is 2.40 bits per heavy atom. The topological polar surface area (TPSA) is 75.6 Å². The molecule has 0 aromatic carbocycles. The van der Waals surface area contributed by atoms with Gasteiger partial charge in [-0.25, -0.2) is 4.79 Å². The second kappa shape index (κ2) is 7.23. The summed E-state index contributed by atoms with van der Waals surface area (Å²) in [4.78, 5) is 22.0. The third-order valence-electron chi connectivity index (χ3n) is 1.78. The third-order valence-corrected chi connectivity index (χ3v) is 1.78. The third kappa shape index (κ3) is 6.90. The Morgan fingerprint density at radius 2 is 2.00 bits per heavy atom. The van der Waals surface area contributed by atoms with E-state index in [9.17, 15) is 9.59 Å². The zero-order valence-corrected chi connectivity index (χ0v) is 9.45. The molecule has 0 rings (SSSR count). The van der Waals surface area contributed by atoms with Gasteiger partial charge in [0.2, 0.25) is 5.91 Å². The van der Waals surface area contributed by atoms with Crippen LogP contribution in [-0.4, -0.2) is 36.2 Å². The van der Waals surface area contributed by atoms with Gasteiger partial charge in [-0.05, 0) is 19.3 Å². The number of hydrogen-bond donors (Lipinski definition) is 2. The molecule has 0 aromatic heterocycles. The van der Waals surface area contributed by atoms with Crippen LogP contribution in [-0.2, 0) is 14.3 Å². The summed E-state index contributed by atoms with van der Waals surface area (Å²) in [5.41, 5.74) is 0. The number of carbonyl (C=O) groups is 2. The number of aliphatic carboxylic acids is 1. The fourth-order valence-electron chi connectivity index (χ4n) is 1.12. The van der Waals surface area contributed by atoms with Crippen LogP contribution in [0, 0.1) is 5.92 Å². The van der Waals surface area contributed by atoms with Gasteiger partial charge in [-0.3, -0.25) is 4.79 Å². The highest BCUT2D eigenvalue weighted by atomic mass is 16.5. The highest BCUT2D eigenvalue weighted by Gasteiger charge is 2.20. The van der Waals surface area contributed by atoms with Gasteiger partial charge in [-0.2, -0.15) is 0 Å². The Hall–Kier alpha value is -1.10. The SMILES string of the molecule is CCOCC(=O)N[C@H](CC(C)C)C(=O)O. The summed E-state index contributed by atoms with van der Waals surface area (Å²) in [5.74, 6) is -1.17. The van der Waals surface area contributed by atoms with Crippen LogP contribution in [0.5, 0.6) is 0 Å². The summed E-state index contributed by atoms with van der Waals surface area (Å²) in [6, 6.07) is -0.821. The van der Waals surface area contributed by atoms with Crippen molar-refractivity contribution in [1.29, 1.82) is 0 Å². The van der Waals surface area contributed by atoms with Gasteiger partial charge in [0, 0.05) is 6.61 Å². The van der Waals surface area contributed by atoms with Crippen LogP contribution in [0.2, 0.25) is 0 Å². The molecule has 0 saturated carbocycles. The van der Waals surface area contributed by atoms with Gasteiger partial charge in [-0.1, -0.05) is 13.8 Å². The summed E-state index contributed by atoms with van der Waals surface area (Å²) in [5, 5.41) is 11.3. The molecule has 5 nitrogen and oxygen atoms in total. The number of nitrogens with one attached hydrogen (secondary N) is 1. The first-order chi connectivity index (χ1) is 6.97. The smallest absolute Gasteiger partial charge is 0.326 e. The highest BCUT2D eigenvalue weighted by Crippen LogP contribution is 2.04. The molecule has 15 heavy (non-hydrogen) atoms. The van der Waals surface area contributed by atoms with Crippen molar-refractivity contribution in [2.45, 2.75) is 33.2 Å². The molecule has 0 radical (unpaired) electrons. The zero-order chi connectivity index (χ0) is 11.8. The number of ether oxygens (including phenoxy) is 1. The molecule has 0 unspecified atom stereocenters. The number of carboxylic acids is 1. The molecule has 0 aliphatic carbocycles. The van der Waals surface area contributed by atoms with E-state index in [0.29, 0.717) is 13.0 Å². The van der Waals surface area contributed by atoms with Gasteiger partial charge in [0.15, 0.2) is 0 Å². The van der Waals surface area contributed by atoms with Gasteiger partial charge in [0.25, 0.3) is 0 Å². The maximum atomic E-state index is 11.2. The van der Waals surface area contributed by atoms with Crippen molar-refractivity contribution in [3.05, 3.63) is 0 Å². The van der Waals surface area contributed by atoms with E-state index in [4.69, 9.17) is 9.84 Å². The lowest BCUT2D eigenvalue weighted by Gasteiger charge is -2.16. The van der Waals surface area contributed by atoms with Crippen molar-refractivity contribution in [3.63, 3.8) is 0 Å². The molecule has 0 saturated heterocycles. The molecule has 1 atom stereocenters. The maximum absolute atomic E-state index is 11.2. The Morgan fingerprint density at radius 1 is 1.40 bits per heavy atom.